The van der Waals surface area contributed by atoms with Crippen LogP contribution in [-0.4, -0.2) is 30.7 Å². The minimum absolute atomic E-state index is 0.0982. The maximum Gasteiger partial charge on any atom is 0.160 e. The Labute approximate surface area is 115 Å². The fraction of sp³-hybridized carbons (Fsp3) is 0.714. The summed E-state index contributed by atoms with van der Waals surface area (Å²) in [5.74, 6) is 1.87. The Morgan fingerprint density at radius 3 is 2.53 bits per heavy atom. The van der Waals surface area contributed by atoms with Gasteiger partial charge < -0.3 is 14.8 Å². The van der Waals surface area contributed by atoms with Crippen LogP contribution in [0.3, 0.4) is 0 Å². The standard InChI is InChI=1S/C14H25N3O2/c1-6-7-15-12-8-11(9-18-4)16-14(17-12)13(19-5)10(2)3/h8,10,13H,6-7,9H2,1-5H3,(H,15,16,17). The molecule has 1 N–H and O–H groups in total. The smallest absolute Gasteiger partial charge is 0.160 e. The van der Waals surface area contributed by atoms with E-state index in [0.717, 1.165) is 24.5 Å². The summed E-state index contributed by atoms with van der Waals surface area (Å²) < 4.78 is 10.7. The van der Waals surface area contributed by atoms with Gasteiger partial charge in [-0.05, 0) is 12.3 Å². The van der Waals surface area contributed by atoms with Gasteiger partial charge in [-0.1, -0.05) is 20.8 Å². The largest absolute Gasteiger partial charge is 0.378 e. The predicted molar refractivity (Wildman–Crippen MR) is 76.1 cm³/mol. The maximum atomic E-state index is 5.50. The zero-order valence-corrected chi connectivity index (χ0v) is 12.6. The van der Waals surface area contributed by atoms with Crippen LogP contribution in [0.25, 0.3) is 0 Å². The number of aromatic nitrogens is 2. The van der Waals surface area contributed by atoms with Crippen molar-refractivity contribution in [3.8, 4) is 0 Å². The van der Waals surface area contributed by atoms with E-state index in [2.05, 4.69) is 36.1 Å². The van der Waals surface area contributed by atoms with Crippen LogP contribution in [0.2, 0.25) is 0 Å². The number of methoxy groups -OCH3 is 2. The van der Waals surface area contributed by atoms with E-state index in [4.69, 9.17) is 9.47 Å². The van der Waals surface area contributed by atoms with Gasteiger partial charge in [0.15, 0.2) is 5.82 Å². The van der Waals surface area contributed by atoms with E-state index in [1.165, 1.54) is 0 Å². The van der Waals surface area contributed by atoms with Crippen molar-refractivity contribution < 1.29 is 9.47 Å². The van der Waals surface area contributed by atoms with Crippen LogP contribution >= 0.6 is 0 Å². The van der Waals surface area contributed by atoms with Crippen LogP contribution < -0.4 is 5.32 Å². The van der Waals surface area contributed by atoms with Crippen molar-refractivity contribution in [1.82, 2.24) is 9.97 Å². The molecule has 1 aromatic rings. The van der Waals surface area contributed by atoms with Gasteiger partial charge in [-0.3, -0.25) is 0 Å². The van der Waals surface area contributed by atoms with E-state index < -0.39 is 0 Å². The molecule has 1 atom stereocenters. The Morgan fingerprint density at radius 2 is 2.00 bits per heavy atom. The molecule has 0 aliphatic carbocycles. The van der Waals surface area contributed by atoms with Crippen LogP contribution in [0.4, 0.5) is 5.82 Å². The van der Waals surface area contributed by atoms with E-state index in [9.17, 15) is 0 Å². The zero-order valence-electron chi connectivity index (χ0n) is 12.6. The topological polar surface area (TPSA) is 56.3 Å². The molecule has 0 saturated carbocycles. The SMILES string of the molecule is CCCNc1cc(COC)nc(C(OC)C(C)C)n1. The van der Waals surface area contributed by atoms with Gasteiger partial charge in [-0.25, -0.2) is 9.97 Å². The van der Waals surface area contributed by atoms with Gasteiger partial charge in [0, 0.05) is 26.8 Å². The first-order chi connectivity index (χ1) is 9.12. The van der Waals surface area contributed by atoms with Crippen molar-refractivity contribution >= 4 is 5.82 Å². The van der Waals surface area contributed by atoms with Gasteiger partial charge in [-0.15, -0.1) is 0 Å². The Kier molecular flexibility index (Phi) is 6.73. The van der Waals surface area contributed by atoms with Gasteiger partial charge in [0.25, 0.3) is 0 Å². The number of anilines is 1. The van der Waals surface area contributed by atoms with E-state index in [1.807, 2.05) is 6.07 Å². The summed E-state index contributed by atoms with van der Waals surface area (Å²) in [6, 6.07) is 1.93. The van der Waals surface area contributed by atoms with E-state index in [0.29, 0.717) is 18.3 Å². The lowest BCUT2D eigenvalue weighted by atomic mass is 10.1. The normalized spacial score (nSPS) is 12.7. The second-order valence-corrected chi connectivity index (χ2v) is 4.86. The summed E-state index contributed by atoms with van der Waals surface area (Å²) >= 11 is 0. The molecule has 1 unspecified atom stereocenters. The lowest BCUT2D eigenvalue weighted by Crippen LogP contribution is -2.16. The van der Waals surface area contributed by atoms with E-state index in [-0.39, 0.29) is 6.10 Å². The lowest BCUT2D eigenvalue weighted by Gasteiger charge is -2.19. The Morgan fingerprint density at radius 1 is 1.26 bits per heavy atom. The van der Waals surface area contributed by atoms with Crippen LogP contribution in [0, 0.1) is 5.92 Å². The van der Waals surface area contributed by atoms with Crippen molar-refractivity contribution in [1.29, 1.82) is 0 Å². The Hall–Kier alpha value is -1.20. The van der Waals surface area contributed by atoms with Crippen LogP contribution in [0.15, 0.2) is 6.07 Å². The van der Waals surface area contributed by atoms with Crippen molar-refractivity contribution in [2.75, 3.05) is 26.1 Å². The van der Waals surface area contributed by atoms with Gasteiger partial charge in [0.2, 0.25) is 0 Å². The summed E-state index contributed by atoms with van der Waals surface area (Å²) in [7, 11) is 3.35. The number of hydrogen-bond acceptors (Lipinski definition) is 5. The molecule has 0 spiro atoms. The summed E-state index contributed by atoms with van der Waals surface area (Å²) in [6.45, 7) is 7.68. The predicted octanol–water partition coefficient (Wildman–Crippen LogP) is 2.79. The van der Waals surface area contributed by atoms with E-state index in [1.54, 1.807) is 14.2 Å². The summed E-state index contributed by atoms with van der Waals surface area (Å²) in [4.78, 5) is 9.07. The molecule has 0 aromatic carbocycles. The molecule has 1 aromatic heterocycles. The number of hydrogen-bond donors (Lipinski definition) is 1. The molecule has 0 aliphatic heterocycles. The minimum Gasteiger partial charge on any atom is -0.378 e. The number of rotatable bonds is 8. The van der Waals surface area contributed by atoms with Crippen LogP contribution in [0.5, 0.6) is 0 Å². The third-order valence-electron chi connectivity index (χ3n) is 2.76. The first-order valence-corrected chi connectivity index (χ1v) is 6.75. The van der Waals surface area contributed by atoms with Gasteiger partial charge in [-0.2, -0.15) is 0 Å². The van der Waals surface area contributed by atoms with Crippen LogP contribution in [0.1, 0.15) is 44.8 Å². The minimum atomic E-state index is -0.0982. The lowest BCUT2D eigenvalue weighted by molar-refractivity contribution is 0.0569. The van der Waals surface area contributed by atoms with Gasteiger partial charge >= 0.3 is 0 Å². The highest BCUT2D eigenvalue weighted by molar-refractivity contribution is 5.36. The molecular weight excluding hydrogens is 242 g/mol. The molecule has 1 heterocycles. The molecule has 0 radical (unpaired) electrons. The Bertz CT molecular complexity index is 383. The van der Waals surface area contributed by atoms with Crippen molar-refractivity contribution in [2.24, 2.45) is 5.92 Å². The molecule has 1 rings (SSSR count). The first-order valence-electron chi connectivity index (χ1n) is 6.75. The zero-order chi connectivity index (χ0) is 14.3. The highest BCUT2D eigenvalue weighted by Gasteiger charge is 2.19. The fourth-order valence-electron chi connectivity index (χ4n) is 1.89. The molecule has 0 amide bonds. The molecular formula is C14H25N3O2. The Balaban J connectivity index is 3.03. The third-order valence-corrected chi connectivity index (χ3v) is 2.76. The molecule has 0 saturated heterocycles. The number of ether oxygens (including phenoxy) is 2. The third kappa shape index (κ3) is 4.76. The van der Waals surface area contributed by atoms with E-state index >= 15 is 0 Å². The molecule has 0 aliphatic rings. The highest BCUT2D eigenvalue weighted by atomic mass is 16.5. The summed E-state index contributed by atoms with van der Waals surface area (Å²) in [5, 5.41) is 3.29. The van der Waals surface area contributed by atoms with Crippen molar-refractivity contribution in [2.45, 2.75) is 39.9 Å². The summed E-state index contributed by atoms with van der Waals surface area (Å²) in [5.41, 5.74) is 0.869. The van der Waals surface area contributed by atoms with Gasteiger partial charge in [0.1, 0.15) is 11.9 Å². The molecule has 108 valence electrons. The first kappa shape index (κ1) is 15.9. The second kappa shape index (κ2) is 8.07. The highest BCUT2D eigenvalue weighted by Crippen LogP contribution is 2.23. The second-order valence-electron chi connectivity index (χ2n) is 4.86. The van der Waals surface area contributed by atoms with Crippen molar-refractivity contribution in [3.63, 3.8) is 0 Å². The average Bonchev–Trinajstić information content (AvgIpc) is 2.37. The van der Waals surface area contributed by atoms with Gasteiger partial charge in [0.05, 0.1) is 12.3 Å². The monoisotopic (exact) mass is 267 g/mol. The quantitative estimate of drug-likeness (QED) is 0.785. The summed E-state index contributed by atoms with van der Waals surface area (Å²) in [6.07, 6.45) is 0.954. The molecule has 5 nitrogen and oxygen atoms in total. The maximum absolute atomic E-state index is 5.50. The van der Waals surface area contributed by atoms with Crippen LogP contribution in [-0.2, 0) is 16.1 Å². The molecule has 5 heteroatoms. The number of nitrogens with one attached hydrogen (secondary N) is 1. The molecule has 0 fully saturated rings. The molecule has 19 heavy (non-hydrogen) atoms. The molecule has 0 bridgehead atoms. The average molecular weight is 267 g/mol. The fourth-order valence-corrected chi connectivity index (χ4v) is 1.89. The number of nitrogens with zero attached hydrogens (tertiary/aromatic N) is 2. The van der Waals surface area contributed by atoms with Crippen molar-refractivity contribution in [3.05, 3.63) is 17.6 Å².